The maximum Gasteiger partial charge on any atom is 0.418 e. The molecule has 5 atom stereocenters. The van der Waals surface area contributed by atoms with E-state index in [1.807, 2.05) is 20.8 Å². The van der Waals surface area contributed by atoms with Crippen LogP contribution < -0.4 is 26.6 Å². The van der Waals surface area contributed by atoms with E-state index in [1.54, 1.807) is 19.9 Å². The Kier molecular flexibility index (Phi) is 12.5. The number of carbonyl (C=O) groups is 4. The molecule has 1 aliphatic carbocycles. The summed E-state index contributed by atoms with van der Waals surface area (Å²) in [5, 5.41) is 21.8. The van der Waals surface area contributed by atoms with Gasteiger partial charge in [0, 0.05) is 24.0 Å². The van der Waals surface area contributed by atoms with Gasteiger partial charge >= 0.3 is 18.2 Å². The van der Waals surface area contributed by atoms with Crippen molar-refractivity contribution in [2.75, 3.05) is 11.9 Å². The van der Waals surface area contributed by atoms with Crippen LogP contribution in [0.15, 0.2) is 46.9 Å². The monoisotopic (exact) mass is 770 g/mol. The summed E-state index contributed by atoms with van der Waals surface area (Å²) >= 11 is 0. The number of alkyl halides is 3. The number of hydrogen-bond acceptors (Lipinski definition) is 7. The fourth-order valence-corrected chi connectivity index (χ4v) is 6.79. The number of halogens is 4. The quantitative estimate of drug-likeness (QED) is 0.0867. The minimum absolute atomic E-state index is 0.0210. The van der Waals surface area contributed by atoms with E-state index in [1.165, 1.54) is 30.3 Å². The van der Waals surface area contributed by atoms with E-state index in [9.17, 15) is 36.7 Å². The van der Waals surface area contributed by atoms with Gasteiger partial charge < -0.3 is 30.7 Å². The molecule has 17 heteroatoms. The normalized spacial score (nSPS) is 17.7. The Hall–Kier alpha value is -5.48. The van der Waals surface area contributed by atoms with Gasteiger partial charge in [0.2, 0.25) is 23.6 Å². The summed E-state index contributed by atoms with van der Waals surface area (Å²) in [4.78, 5) is 57.4. The van der Waals surface area contributed by atoms with Gasteiger partial charge in [-0.1, -0.05) is 76.0 Å². The molecular weight excluding hydrogens is 724 g/mol. The predicted molar refractivity (Wildman–Crippen MR) is 195 cm³/mol. The number of nitrogens with zero attached hydrogens (tertiary/aromatic N) is 2. The second-order valence-corrected chi connectivity index (χ2v) is 14.0. The van der Waals surface area contributed by atoms with Gasteiger partial charge in [-0.3, -0.25) is 19.7 Å². The number of aromatic nitrogens is 3. The van der Waals surface area contributed by atoms with E-state index in [-0.39, 0.29) is 60.0 Å². The third-order valence-corrected chi connectivity index (χ3v) is 10.3. The van der Waals surface area contributed by atoms with Crippen molar-refractivity contribution in [1.82, 2.24) is 36.4 Å². The number of para-hydroxylation sites is 1. The van der Waals surface area contributed by atoms with Crippen LogP contribution in [-0.4, -0.2) is 57.1 Å². The number of amides is 5. The van der Waals surface area contributed by atoms with Crippen LogP contribution in [0.25, 0.3) is 10.9 Å². The molecule has 4 aromatic rings. The highest BCUT2D eigenvalue weighted by atomic mass is 19.4. The fraction of sp³-hybridized carbons (Fsp3) is 0.474. The zero-order valence-corrected chi connectivity index (χ0v) is 31.2. The Bertz CT molecular complexity index is 2030. The van der Waals surface area contributed by atoms with Crippen LogP contribution in [0, 0.1) is 17.7 Å². The van der Waals surface area contributed by atoms with Crippen LogP contribution in [-0.2, 0) is 39.8 Å². The molecule has 0 saturated carbocycles. The van der Waals surface area contributed by atoms with Gasteiger partial charge in [-0.15, -0.1) is 5.10 Å². The molecule has 0 saturated heterocycles. The summed E-state index contributed by atoms with van der Waals surface area (Å²) in [6.07, 6.45) is -4.14. The number of hydrogen-bond donors (Lipinski definition) is 6. The summed E-state index contributed by atoms with van der Waals surface area (Å²) < 4.78 is 62.4. The molecule has 55 heavy (non-hydrogen) atoms. The van der Waals surface area contributed by atoms with E-state index in [0.717, 1.165) is 6.07 Å². The third kappa shape index (κ3) is 9.08. The van der Waals surface area contributed by atoms with E-state index in [0.29, 0.717) is 30.6 Å². The summed E-state index contributed by atoms with van der Waals surface area (Å²) in [6.45, 7) is 9.35. The molecule has 5 amide bonds. The van der Waals surface area contributed by atoms with Crippen LogP contribution in [0.5, 0.6) is 0 Å². The smallest absolute Gasteiger partial charge is 0.405 e. The van der Waals surface area contributed by atoms with Gasteiger partial charge in [0.05, 0.1) is 17.5 Å². The van der Waals surface area contributed by atoms with Crippen molar-refractivity contribution in [3.05, 3.63) is 76.6 Å². The lowest BCUT2D eigenvalue weighted by molar-refractivity contribution is -0.137. The number of carbonyl (C=O) groups excluding carboxylic acids is 4. The second kappa shape index (κ2) is 16.9. The lowest BCUT2D eigenvalue weighted by Crippen LogP contribution is -2.65. The van der Waals surface area contributed by atoms with Crippen molar-refractivity contribution in [2.24, 2.45) is 11.8 Å². The van der Waals surface area contributed by atoms with Crippen molar-refractivity contribution in [2.45, 2.75) is 96.9 Å². The maximum absolute atomic E-state index is 14.8. The number of nitrogens with one attached hydrogen (secondary N) is 6. The Morgan fingerprint density at radius 2 is 1.69 bits per heavy atom. The molecule has 6 N–H and O–H groups in total. The first-order valence-electron chi connectivity index (χ1n) is 18.3. The lowest BCUT2D eigenvalue weighted by atomic mass is 9.78. The summed E-state index contributed by atoms with van der Waals surface area (Å²) in [5.74, 6) is -3.32. The molecule has 296 valence electrons. The standard InChI is InChI=1S/C38H46F4N8O5/c1-6-20(4)29(45-28(51)18-22-12-9-10-15-26(22)39)32(52)48-37(17-16-27-24(19-37)23-13-11-14-25(31(23)44-27)38(40,41)42)34(53)46-30(21(5)7-2)33-49-50-36(55-33)47-35(54)43-8-3/h9-15,20-21,29-30,44H,6-8,16-19H2,1-5H3,(H,45,51)(H,46,53)(H,48,52)(H2,43,47,50,54)/t20?,21?,29-,30-,37-/m0/s1. The first-order chi connectivity index (χ1) is 26.1. The van der Waals surface area contributed by atoms with Crippen molar-refractivity contribution in [3.8, 4) is 0 Å². The Morgan fingerprint density at radius 3 is 2.36 bits per heavy atom. The van der Waals surface area contributed by atoms with E-state index >= 15 is 0 Å². The average molecular weight is 771 g/mol. The van der Waals surface area contributed by atoms with Crippen LogP contribution in [0.3, 0.4) is 0 Å². The molecule has 0 bridgehead atoms. The zero-order chi connectivity index (χ0) is 40.1. The van der Waals surface area contributed by atoms with Crippen LogP contribution in [0.2, 0.25) is 0 Å². The summed E-state index contributed by atoms with van der Waals surface area (Å²) in [6, 6.07) is 6.73. The highest BCUT2D eigenvalue weighted by Gasteiger charge is 2.47. The van der Waals surface area contributed by atoms with Crippen LogP contribution >= 0.6 is 0 Å². The number of aromatic amines is 1. The number of anilines is 1. The van der Waals surface area contributed by atoms with Crippen molar-refractivity contribution in [3.63, 3.8) is 0 Å². The van der Waals surface area contributed by atoms with E-state index in [2.05, 4.69) is 41.8 Å². The van der Waals surface area contributed by atoms with Gasteiger partial charge in [0.25, 0.3) is 0 Å². The number of H-pyrrole nitrogens is 1. The molecular formula is C38H46F4N8O5. The second-order valence-electron chi connectivity index (χ2n) is 14.0. The fourth-order valence-electron chi connectivity index (χ4n) is 6.79. The molecule has 2 aromatic heterocycles. The zero-order valence-electron chi connectivity index (χ0n) is 31.2. The van der Waals surface area contributed by atoms with Crippen molar-refractivity contribution < 1.29 is 41.2 Å². The van der Waals surface area contributed by atoms with Gasteiger partial charge in [0.1, 0.15) is 23.4 Å². The van der Waals surface area contributed by atoms with Gasteiger partial charge in [0.15, 0.2) is 0 Å². The summed E-state index contributed by atoms with van der Waals surface area (Å²) in [7, 11) is 0. The van der Waals surface area contributed by atoms with Gasteiger partial charge in [-0.25, -0.2) is 9.18 Å². The first-order valence-corrected chi connectivity index (χ1v) is 18.3. The number of aryl methyl sites for hydroxylation is 1. The maximum atomic E-state index is 14.8. The minimum Gasteiger partial charge on any atom is -0.405 e. The first kappa shape index (κ1) is 40.7. The molecule has 1 aliphatic rings. The number of rotatable bonds is 14. The highest BCUT2D eigenvalue weighted by molar-refractivity contribution is 5.97. The highest BCUT2D eigenvalue weighted by Crippen LogP contribution is 2.40. The van der Waals surface area contributed by atoms with E-state index in [4.69, 9.17) is 4.42 Å². The van der Waals surface area contributed by atoms with Crippen molar-refractivity contribution >= 4 is 40.7 Å². The topological polar surface area (TPSA) is 183 Å². The Morgan fingerprint density at radius 1 is 0.964 bits per heavy atom. The number of benzene rings is 2. The van der Waals surface area contributed by atoms with Crippen molar-refractivity contribution in [1.29, 1.82) is 0 Å². The largest absolute Gasteiger partial charge is 0.418 e. The molecule has 2 heterocycles. The third-order valence-electron chi connectivity index (χ3n) is 10.3. The Balaban J connectivity index is 1.52. The molecule has 5 rings (SSSR count). The minimum atomic E-state index is -4.65. The SMILES string of the molecule is CCNC(=O)Nc1nnc([C@@H](NC(=O)[C@]2(NC(=O)[C@@H](NC(=O)Cc3ccccc3F)C(C)CC)CCc3[nH]c4c(C(F)(F)F)cccc4c3C2)C(C)CC)o1. The molecule has 2 unspecified atom stereocenters. The molecule has 0 spiro atoms. The number of urea groups is 1. The molecule has 13 nitrogen and oxygen atoms in total. The molecule has 0 aliphatic heterocycles. The number of fused-ring (bicyclic) bond motifs is 3. The molecule has 0 fully saturated rings. The predicted octanol–water partition coefficient (Wildman–Crippen LogP) is 5.87. The van der Waals surface area contributed by atoms with Gasteiger partial charge in [-0.05, 0) is 54.9 Å². The lowest BCUT2D eigenvalue weighted by Gasteiger charge is -2.39. The molecule has 2 aromatic carbocycles. The van der Waals surface area contributed by atoms with Gasteiger partial charge in [-0.2, -0.15) is 13.2 Å². The average Bonchev–Trinajstić information content (AvgIpc) is 3.76. The van der Waals surface area contributed by atoms with E-state index < -0.39 is 64.9 Å². The Labute approximate surface area is 315 Å². The van der Waals surface area contributed by atoms with Crippen LogP contribution in [0.4, 0.5) is 28.4 Å². The van der Waals surface area contributed by atoms with Crippen LogP contribution in [0.1, 0.15) is 88.2 Å². The molecule has 0 radical (unpaired) electrons. The summed E-state index contributed by atoms with van der Waals surface area (Å²) in [5.41, 5.74) is -1.66.